The third kappa shape index (κ3) is 3.29. The Morgan fingerprint density at radius 1 is 1.15 bits per heavy atom. The number of alkyl halides is 5. The summed E-state index contributed by atoms with van der Waals surface area (Å²) in [5, 5.41) is 9.94. The van der Waals surface area contributed by atoms with Gasteiger partial charge in [0.25, 0.3) is 15.8 Å². The van der Waals surface area contributed by atoms with Crippen LogP contribution < -0.4 is 0 Å². The highest BCUT2D eigenvalue weighted by molar-refractivity contribution is 7.92. The second kappa shape index (κ2) is 6.01. The fourth-order valence-electron chi connectivity index (χ4n) is 3.86. The fraction of sp³-hybridized carbons (Fsp3) is 0.556. The third-order valence-electron chi connectivity index (χ3n) is 5.22. The average molecular weight is 410 g/mol. The first-order valence-electron chi connectivity index (χ1n) is 8.40. The Morgan fingerprint density at radius 2 is 1.78 bits per heavy atom. The Kier molecular flexibility index (Phi) is 4.51. The summed E-state index contributed by atoms with van der Waals surface area (Å²) in [6.07, 6.45) is 0.305. The second-order valence-electron chi connectivity index (χ2n) is 7.90. The molecule has 3 nitrogen and oxygen atoms in total. The van der Waals surface area contributed by atoms with Crippen molar-refractivity contribution in [3.8, 4) is 0 Å². The van der Waals surface area contributed by atoms with Crippen LogP contribution in [0, 0.1) is 5.41 Å². The Labute approximate surface area is 153 Å². The molecule has 0 saturated heterocycles. The van der Waals surface area contributed by atoms with Crippen molar-refractivity contribution in [1.29, 1.82) is 0 Å². The lowest BCUT2D eigenvalue weighted by atomic mass is 9.75. The maximum Gasteiger partial charge on any atom is 0.501 e. The first-order chi connectivity index (χ1) is 12.2. The molecular formula is C18H19F5O3S. The van der Waals surface area contributed by atoms with Crippen molar-refractivity contribution < 1.29 is 35.5 Å². The van der Waals surface area contributed by atoms with E-state index in [4.69, 9.17) is 0 Å². The normalized spacial score (nSPS) is 24.4. The van der Waals surface area contributed by atoms with Crippen LogP contribution in [0.15, 0.2) is 23.1 Å². The molecule has 1 atom stereocenters. The van der Waals surface area contributed by atoms with Crippen LogP contribution in [0.3, 0.4) is 0 Å². The molecule has 2 aliphatic rings. The Balaban J connectivity index is 2.24. The van der Waals surface area contributed by atoms with E-state index in [-0.39, 0.29) is 16.5 Å². The number of hydrogen-bond donors (Lipinski definition) is 1. The summed E-state index contributed by atoms with van der Waals surface area (Å²) in [5.74, 6) is -3.74. The zero-order valence-corrected chi connectivity index (χ0v) is 15.5. The Bertz CT molecular complexity index is 914. The molecule has 0 fully saturated rings. The molecule has 1 N–H and O–H groups in total. The number of allylic oxidation sites excluding steroid dienone is 2. The topological polar surface area (TPSA) is 54.4 Å². The highest BCUT2D eigenvalue weighted by Gasteiger charge is 2.54. The largest absolute Gasteiger partial charge is 0.501 e. The smallest absolute Gasteiger partial charge is 0.382 e. The van der Waals surface area contributed by atoms with E-state index in [1.807, 2.05) is 19.9 Å². The van der Waals surface area contributed by atoms with Gasteiger partial charge < -0.3 is 5.11 Å². The average Bonchev–Trinajstić information content (AvgIpc) is 2.74. The molecule has 9 heteroatoms. The summed E-state index contributed by atoms with van der Waals surface area (Å²) < 4.78 is 91.0. The SMILES string of the molecule is CC1(C)CCC=C(c2ccc(S(=O)(=O)C(F)(F)F)c3c2CC(F)(F)[C@H]3O)C1. The summed E-state index contributed by atoms with van der Waals surface area (Å²) in [7, 11) is -5.87. The zero-order valence-electron chi connectivity index (χ0n) is 14.7. The Morgan fingerprint density at radius 3 is 2.33 bits per heavy atom. The molecule has 2 aliphatic carbocycles. The molecular weight excluding hydrogens is 391 g/mol. The zero-order chi connectivity index (χ0) is 20.4. The molecule has 150 valence electrons. The van der Waals surface area contributed by atoms with E-state index in [1.54, 1.807) is 0 Å². The molecule has 0 saturated carbocycles. The van der Waals surface area contributed by atoms with E-state index in [0.29, 0.717) is 24.5 Å². The van der Waals surface area contributed by atoms with Crippen LogP contribution in [0.5, 0.6) is 0 Å². The van der Waals surface area contributed by atoms with E-state index in [0.717, 1.165) is 12.5 Å². The van der Waals surface area contributed by atoms with Crippen LogP contribution in [0.4, 0.5) is 22.0 Å². The molecule has 0 radical (unpaired) electrons. The number of aliphatic hydroxyl groups excluding tert-OH is 1. The number of sulfone groups is 1. The predicted molar refractivity (Wildman–Crippen MR) is 88.9 cm³/mol. The van der Waals surface area contributed by atoms with Crippen molar-refractivity contribution in [2.75, 3.05) is 0 Å². The molecule has 3 rings (SSSR count). The van der Waals surface area contributed by atoms with Gasteiger partial charge in [0.1, 0.15) is 6.10 Å². The number of hydrogen-bond acceptors (Lipinski definition) is 3. The first kappa shape index (κ1) is 20.3. The van der Waals surface area contributed by atoms with Gasteiger partial charge in [-0.2, -0.15) is 13.2 Å². The van der Waals surface area contributed by atoms with Crippen LogP contribution in [0.25, 0.3) is 5.57 Å². The number of benzene rings is 1. The monoisotopic (exact) mass is 410 g/mol. The summed E-state index contributed by atoms with van der Waals surface area (Å²) in [6.45, 7) is 3.98. The third-order valence-corrected chi connectivity index (χ3v) is 6.77. The lowest BCUT2D eigenvalue weighted by molar-refractivity contribution is -0.0978. The molecule has 0 unspecified atom stereocenters. The summed E-state index contributed by atoms with van der Waals surface area (Å²) in [5.41, 5.74) is -5.85. The highest BCUT2D eigenvalue weighted by Crippen LogP contribution is 2.51. The molecule has 27 heavy (non-hydrogen) atoms. The summed E-state index contributed by atoms with van der Waals surface area (Å²) >= 11 is 0. The molecule has 0 bridgehead atoms. The molecule has 0 spiro atoms. The minimum atomic E-state index is -5.87. The minimum absolute atomic E-state index is 0.118. The number of rotatable bonds is 2. The summed E-state index contributed by atoms with van der Waals surface area (Å²) in [6, 6.07) is 1.84. The van der Waals surface area contributed by atoms with Gasteiger partial charge in [-0.15, -0.1) is 0 Å². The van der Waals surface area contributed by atoms with Crippen molar-refractivity contribution in [3.05, 3.63) is 34.9 Å². The van der Waals surface area contributed by atoms with Crippen LogP contribution in [-0.4, -0.2) is 25.0 Å². The first-order valence-corrected chi connectivity index (χ1v) is 9.88. The van der Waals surface area contributed by atoms with E-state index in [9.17, 15) is 35.5 Å². The molecule has 1 aromatic rings. The molecule has 0 heterocycles. The van der Waals surface area contributed by atoms with Gasteiger partial charge in [0, 0.05) is 12.0 Å². The van der Waals surface area contributed by atoms with Crippen molar-refractivity contribution in [2.45, 2.75) is 62.0 Å². The lowest BCUT2D eigenvalue weighted by Crippen LogP contribution is -2.26. The molecule has 0 aliphatic heterocycles. The van der Waals surface area contributed by atoms with Crippen LogP contribution >= 0.6 is 0 Å². The van der Waals surface area contributed by atoms with Gasteiger partial charge in [-0.3, -0.25) is 0 Å². The van der Waals surface area contributed by atoms with Crippen molar-refractivity contribution in [3.63, 3.8) is 0 Å². The van der Waals surface area contributed by atoms with E-state index in [1.165, 1.54) is 0 Å². The Hall–Kier alpha value is -1.48. The van der Waals surface area contributed by atoms with Gasteiger partial charge in [-0.1, -0.05) is 26.0 Å². The van der Waals surface area contributed by atoms with Crippen molar-refractivity contribution in [1.82, 2.24) is 0 Å². The predicted octanol–water partition coefficient (Wildman–Crippen LogP) is 4.80. The van der Waals surface area contributed by atoms with E-state index >= 15 is 0 Å². The van der Waals surface area contributed by atoms with Gasteiger partial charge in [0.05, 0.1) is 4.90 Å². The molecule has 0 amide bonds. The van der Waals surface area contributed by atoms with Crippen molar-refractivity contribution in [2.24, 2.45) is 5.41 Å². The number of halogens is 5. The summed E-state index contributed by atoms with van der Waals surface area (Å²) in [4.78, 5) is -1.30. The van der Waals surface area contributed by atoms with Crippen LogP contribution in [0.2, 0.25) is 0 Å². The van der Waals surface area contributed by atoms with Gasteiger partial charge in [-0.05, 0) is 47.4 Å². The lowest BCUT2D eigenvalue weighted by Gasteiger charge is -2.31. The van der Waals surface area contributed by atoms with Gasteiger partial charge in [0.15, 0.2) is 0 Å². The molecule has 0 aromatic heterocycles. The number of fused-ring (bicyclic) bond motifs is 1. The minimum Gasteiger partial charge on any atom is -0.382 e. The van der Waals surface area contributed by atoms with Crippen LogP contribution in [-0.2, 0) is 16.3 Å². The fourth-order valence-corrected chi connectivity index (χ4v) is 4.88. The van der Waals surface area contributed by atoms with Gasteiger partial charge >= 0.3 is 5.51 Å². The quantitative estimate of drug-likeness (QED) is 0.713. The van der Waals surface area contributed by atoms with Crippen molar-refractivity contribution >= 4 is 15.4 Å². The van der Waals surface area contributed by atoms with Gasteiger partial charge in [-0.25, -0.2) is 17.2 Å². The molecule has 1 aromatic carbocycles. The second-order valence-corrected chi connectivity index (χ2v) is 9.81. The standard InChI is InChI=1S/C18H19F5O3S/c1-16(2)7-3-4-10(8-16)11-5-6-13(27(25,26)18(21,22)23)14-12(11)9-17(19,20)15(14)24/h4-6,15,24H,3,7-9H2,1-2H3/t15-/m0/s1. The maximum absolute atomic E-state index is 14.1. The highest BCUT2D eigenvalue weighted by atomic mass is 32.2. The number of aliphatic hydroxyl groups is 1. The van der Waals surface area contributed by atoms with E-state index < -0.39 is 44.3 Å². The van der Waals surface area contributed by atoms with Crippen LogP contribution in [0.1, 0.15) is 55.9 Å². The van der Waals surface area contributed by atoms with E-state index in [2.05, 4.69) is 0 Å². The van der Waals surface area contributed by atoms with Gasteiger partial charge in [0.2, 0.25) is 0 Å². The maximum atomic E-state index is 14.1.